The summed E-state index contributed by atoms with van der Waals surface area (Å²) in [5.74, 6) is 1.45. The Morgan fingerprint density at radius 2 is 1.68 bits per heavy atom. The number of hydrogen-bond donors (Lipinski definition) is 1. The van der Waals surface area contributed by atoms with Gasteiger partial charge in [-0.3, -0.25) is 0 Å². The minimum atomic E-state index is 0.438. The van der Waals surface area contributed by atoms with E-state index in [0.717, 1.165) is 17.0 Å². The molecule has 2 N–H and O–H groups in total. The van der Waals surface area contributed by atoms with Crippen molar-refractivity contribution in [2.24, 2.45) is 0 Å². The van der Waals surface area contributed by atoms with Crippen LogP contribution in [-0.4, -0.2) is 13.2 Å². The number of nitrogen functional groups attached to an aromatic ring is 1. The van der Waals surface area contributed by atoms with Crippen molar-refractivity contribution in [3.05, 3.63) is 53.1 Å². The molecule has 0 atom stereocenters. The molecule has 19 heavy (non-hydrogen) atoms. The number of hydrogen-bond acceptors (Lipinski definition) is 3. The standard InChI is InChI=1S/C15H16ClNO2/c1-11-2-7-15(14(16)10-11)19-9-8-18-13-5-3-12(17)4-6-13/h2-7,10H,8-9,17H2,1H3. The van der Waals surface area contributed by atoms with E-state index in [4.69, 9.17) is 26.8 Å². The van der Waals surface area contributed by atoms with Gasteiger partial charge in [-0.25, -0.2) is 0 Å². The summed E-state index contributed by atoms with van der Waals surface area (Å²) in [6.45, 7) is 2.88. The number of nitrogens with two attached hydrogens (primary N) is 1. The van der Waals surface area contributed by atoms with E-state index in [1.54, 1.807) is 12.1 Å². The van der Waals surface area contributed by atoms with Crippen LogP contribution in [0.5, 0.6) is 11.5 Å². The monoisotopic (exact) mass is 277 g/mol. The molecule has 4 heteroatoms. The lowest BCUT2D eigenvalue weighted by molar-refractivity contribution is 0.217. The fraction of sp³-hybridized carbons (Fsp3) is 0.200. The van der Waals surface area contributed by atoms with Gasteiger partial charge >= 0.3 is 0 Å². The Morgan fingerprint density at radius 3 is 2.37 bits per heavy atom. The second-order valence-corrected chi connectivity index (χ2v) is 4.61. The number of anilines is 1. The summed E-state index contributed by atoms with van der Waals surface area (Å²) < 4.78 is 11.1. The van der Waals surface area contributed by atoms with Crippen LogP contribution in [0.15, 0.2) is 42.5 Å². The molecule has 0 aliphatic rings. The topological polar surface area (TPSA) is 44.5 Å². The fourth-order valence-corrected chi connectivity index (χ4v) is 1.89. The predicted octanol–water partition coefficient (Wildman–Crippen LogP) is 3.69. The minimum absolute atomic E-state index is 0.438. The summed E-state index contributed by atoms with van der Waals surface area (Å²) >= 11 is 6.06. The highest BCUT2D eigenvalue weighted by Gasteiger charge is 2.01. The Morgan fingerprint density at radius 1 is 1.00 bits per heavy atom. The Hall–Kier alpha value is -1.87. The van der Waals surface area contributed by atoms with Gasteiger partial charge in [-0.2, -0.15) is 0 Å². The summed E-state index contributed by atoms with van der Waals surface area (Å²) in [5.41, 5.74) is 7.42. The second kappa shape index (κ2) is 6.34. The van der Waals surface area contributed by atoms with Crippen molar-refractivity contribution in [3.63, 3.8) is 0 Å². The van der Waals surface area contributed by atoms with Gasteiger partial charge in [-0.15, -0.1) is 0 Å². The largest absolute Gasteiger partial charge is 0.490 e. The highest BCUT2D eigenvalue weighted by Crippen LogP contribution is 2.25. The van der Waals surface area contributed by atoms with E-state index in [2.05, 4.69) is 0 Å². The van der Waals surface area contributed by atoms with Gasteiger partial charge < -0.3 is 15.2 Å². The summed E-state index contributed by atoms with van der Waals surface area (Å²) in [6.07, 6.45) is 0. The lowest BCUT2D eigenvalue weighted by Crippen LogP contribution is -2.09. The molecular formula is C15H16ClNO2. The lowest BCUT2D eigenvalue weighted by atomic mass is 10.2. The number of halogens is 1. The lowest BCUT2D eigenvalue weighted by Gasteiger charge is -2.10. The zero-order valence-electron chi connectivity index (χ0n) is 10.7. The van der Waals surface area contributed by atoms with Crippen molar-refractivity contribution in [1.82, 2.24) is 0 Å². The van der Waals surface area contributed by atoms with E-state index in [0.29, 0.717) is 24.0 Å². The molecule has 0 aromatic heterocycles. The molecule has 0 aliphatic heterocycles. The average molecular weight is 278 g/mol. The molecule has 0 saturated carbocycles. The maximum atomic E-state index is 6.06. The van der Waals surface area contributed by atoms with Gasteiger partial charge in [0.2, 0.25) is 0 Å². The molecule has 0 radical (unpaired) electrons. The van der Waals surface area contributed by atoms with Crippen molar-refractivity contribution >= 4 is 17.3 Å². The van der Waals surface area contributed by atoms with Gasteiger partial charge in [-0.1, -0.05) is 17.7 Å². The van der Waals surface area contributed by atoms with Crippen LogP contribution in [-0.2, 0) is 0 Å². The molecule has 100 valence electrons. The summed E-state index contributed by atoms with van der Waals surface area (Å²) in [5, 5.41) is 0.618. The van der Waals surface area contributed by atoms with E-state index < -0.39 is 0 Å². The summed E-state index contributed by atoms with van der Waals surface area (Å²) in [7, 11) is 0. The van der Waals surface area contributed by atoms with E-state index in [-0.39, 0.29) is 0 Å². The molecule has 0 bridgehead atoms. The predicted molar refractivity (Wildman–Crippen MR) is 78.0 cm³/mol. The van der Waals surface area contributed by atoms with Crippen LogP contribution in [0.3, 0.4) is 0 Å². The highest BCUT2D eigenvalue weighted by molar-refractivity contribution is 6.32. The van der Waals surface area contributed by atoms with Crippen molar-refractivity contribution in [1.29, 1.82) is 0 Å². The van der Waals surface area contributed by atoms with Gasteiger partial charge in [0.05, 0.1) is 5.02 Å². The Bertz CT molecular complexity index is 540. The van der Waals surface area contributed by atoms with E-state index in [1.807, 2.05) is 37.3 Å². The molecule has 0 spiro atoms. The smallest absolute Gasteiger partial charge is 0.138 e. The Kier molecular flexibility index (Phi) is 4.53. The summed E-state index contributed by atoms with van der Waals surface area (Å²) in [6, 6.07) is 12.9. The number of rotatable bonds is 5. The van der Waals surface area contributed by atoms with Gasteiger partial charge in [0.15, 0.2) is 0 Å². The quantitative estimate of drug-likeness (QED) is 0.670. The van der Waals surface area contributed by atoms with E-state index >= 15 is 0 Å². The van der Waals surface area contributed by atoms with Gasteiger partial charge in [-0.05, 0) is 48.9 Å². The van der Waals surface area contributed by atoms with Crippen LogP contribution >= 0.6 is 11.6 Å². The van der Waals surface area contributed by atoms with Crippen molar-refractivity contribution in [2.75, 3.05) is 18.9 Å². The molecule has 0 heterocycles. The molecule has 0 fully saturated rings. The maximum Gasteiger partial charge on any atom is 0.138 e. The molecule has 3 nitrogen and oxygen atoms in total. The summed E-state index contributed by atoms with van der Waals surface area (Å²) in [4.78, 5) is 0. The zero-order chi connectivity index (χ0) is 13.7. The van der Waals surface area contributed by atoms with Gasteiger partial charge in [0.25, 0.3) is 0 Å². The van der Waals surface area contributed by atoms with Crippen molar-refractivity contribution in [3.8, 4) is 11.5 Å². The zero-order valence-corrected chi connectivity index (χ0v) is 11.5. The third-order valence-electron chi connectivity index (χ3n) is 2.58. The third kappa shape index (κ3) is 4.07. The molecule has 0 unspecified atom stereocenters. The first-order valence-electron chi connectivity index (χ1n) is 6.02. The normalized spacial score (nSPS) is 10.2. The van der Waals surface area contributed by atoms with Crippen LogP contribution in [0.25, 0.3) is 0 Å². The van der Waals surface area contributed by atoms with E-state index in [9.17, 15) is 0 Å². The molecular weight excluding hydrogens is 262 g/mol. The number of ether oxygens (including phenoxy) is 2. The Balaban J connectivity index is 1.79. The van der Waals surface area contributed by atoms with Gasteiger partial charge in [0, 0.05) is 5.69 Å². The van der Waals surface area contributed by atoms with Crippen molar-refractivity contribution < 1.29 is 9.47 Å². The first kappa shape index (κ1) is 13.6. The molecule has 0 aliphatic carbocycles. The first-order valence-corrected chi connectivity index (χ1v) is 6.40. The first-order chi connectivity index (χ1) is 9.15. The number of benzene rings is 2. The molecule has 0 amide bonds. The third-order valence-corrected chi connectivity index (χ3v) is 2.87. The van der Waals surface area contributed by atoms with Crippen LogP contribution in [0.4, 0.5) is 5.69 Å². The minimum Gasteiger partial charge on any atom is -0.490 e. The molecule has 2 aromatic carbocycles. The number of aryl methyl sites for hydroxylation is 1. The maximum absolute atomic E-state index is 6.06. The Labute approximate surface area is 117 Å². The van der Waals surface area contributed by atoms with Crippen LogP contribution in [0, 0.1) is 6.92 Å². The van der Waals surface area contributed by atoms with Crippen LogP contribution in [0.2, 0.25) is 5.02 Å². The van der Waals surface area contributed by atoms with E-state index in [1.165, 1.54) is 0 Å². The molecule has 2 rings (SSSR count). The van der Waals surface area contributed by atoms with Crippen LogP contribution in [0.1, 0.15) is 5.56 Å². The fourth-order valence-electron chi connectivity index (χ4n) is 1.60. The molecule has 0 saturated heterocycles. The highest BCUT2D eigenvalue weighted by atomic mass is 35.5. The van der Waals surface area contributed by atoms with Crippen molar-refractivity contribution in [2.45, 2.75) is 6.92 Å². The van der Waals surface area contributed by atoms with Gasteiger partial charge in [0.1, 0.15) is 24.7 Å². The molecule has 2 aromatic rings. The SMILES string of the molecule is Cc1ccc(OCCOc2ccc(N)cc2)c(Cl)c1. The average Bonchev–Trinajstić information content (AvgIpc) is 2.39. The van der Waals surface area contributed by atoms with Crippen LogP contribution < -0.4 is 15.2 Å². The second-order valence-electron chi connectivity index (χ2n) is 4.20.